The fraction of sp³-hybridized carbons (Fsp3) is 0.100. The maximum Gasteiger partial charge on any atom is 0.293 e. The number of benzene rings is 1. The highest BCUT2D eigenvalue weighted by atomic mass is 35.5. The smallest absolute Gasteiger partial charge is 0.293 e. The molecule has 0 atom stereocenters. The fourth-order valence-corrected chi connectivity index (χ4v) is 5.11. The third-order valence-electron chi connectivity index (χ3n) is 4.14. The second-order valence-electron chi connectivity index (χ2n) is 6.25. The number of nitrogens with one attached hydrogen (secondary N) is 1. The Kier molecular flexibility index (Phi) is 6.77. The number of hydrogen-bond acceptors (Lipinski definition) is 7. The van der Waals surface area contributed by atoms with Crippen LogP contribution in [-0.4, -0.2) is 20.7 Å². The van der Waals surface area contributed by atoms with Crippen LogP contribution in [0.3, 0.4) is 0 Å². The minimum absolute atomic E-state index is 0.117. The van der Waals surface area contributed by atoms with E-state index in [9.17, 15) is 9.59 Å². The van der Waals surface area contributed by atoms with Crippen molar-refractivity contribution in [2.75, 3.05) is 5.32 Å². The number of amides is 1. The van der Waals surface area contributed by atoms with Gasteiger partial charge in [-0.25, -0.2) is 0 Å². The van der Waals surface area contributed by atoms with E-state index in [0.29, 0.717) is 31.0 Å². The Morgan fingerprint density at radius 3 is 2.68 bits per heavy atom. The number of anilines is 1. The van der Waals surface area contributed by atoms with E-state index in [4.69, 9.17) is 27.6 Å². The van der Waals surface area contributed by atoms with E-state index in [0.717, 1.165) is 5.56 Å². The lowest BCUT2D eigenvalue weighted by Crippen LogP contribution is -2.18. The molecule has 0 bridgehead atoms. The Labute approximate surface area is 195 Å². The van der Waals surface area contributed by atoms with Gasteiger partial charge in [-0.1, -0.05) is 58.4 Å². The lowest BCUT2D eigenvalue weighted by atomic mass is 10.2. The van der Waals surface area contributed by atoms with E-state index >= 15 is 0 Å². The number of nitrogens with zero attached hydrogens (tertiary/aromatic N) is 3. The van der Waals surface area contributed by atoms with Crippen molar-refractivity contribution in [2.24, 2.45) is 0 Å². The van der Waals surface area contributed by atoms with E-state index in [-0.39, 0.29) is 17.9 Å². The number of thioether (sulfide) groups is 1. The van der Waals surface area contributed by atoms with Crippen molar-refractivity contribution < 1.29 is 9.21 Å². The van der Waals surface area contributed by atoms with E-state index in [1.165, 1.54) is 33.7 Å². The summed E-state index contributed by atoms with van der Waals surface area (Å²) in [7, 11) is 0. The van der Waals surface area contributed by atoms with Gasteiger partial charge in [0.15, 0.2) is 10.1 Å². The maximum atomic E-state index is 12.4. The number of carbonyl (C=O) groups excluding carboxylic acids is 1. The highest BCUT2D eigenvalue weighted by molar-refractivity contribution is 8.00. The number of hydrogen-bond donors (Lipinski definition) is 1. The summed E-state index contributed by atoms with van der Waals surface area (Å²) in [5.41, 5.74) is 0.666. The molecule has 0 aliphatic carbocycles. The number of furan rings is 1. The molecular formula is C20H14Cl2N4O3S2. The molecule has 1 amide bonds. The molecule has 3 aromatic heterocycles. The summed E-state index contributed by atoms with van der Waals surface area (Å²) in [4.78, 5) is 24.2. The third kappa shape index (κ3) is 5.37. The summed E-state index contributed by atoms with van der Waals surface area (Å²) in [6.45, 7) is 0.233. The van der Waals surface area contributed by atoms with E-state index in [1.807, 2.05) is 0 Å². The van der Waals surface area contributed by atoms with Gasteiger partial charge in [0.2, 0.25) is 5.13 Å². The van der Waals surface area contributed by atoms with Crippen LogP contribution < -0.4 is 10.9 Å². The summed E-state index contributed by atoms with van der Waals surface area (Å²) in [5, 5.41) is 12.2. The molecule has 0 radical (unpaired) electrons. The molecule has 7 nitrogen and oxygen atoms in total. The topological polar surface area (TPSA) is 90.0 Å². The zero-order valence-electron chi connectivity index (χ0n) is 15.7. The fourth-order valence-electron chi connectivity index (χ4n) is 2.63. The van der Waals surface area contributed by atoms with Crippen LogP contribution in [0.1, 0.15) is 21.9 Å². The molecule has 0 unspecified atom stereocenters. The van der Waals surface area contributed by atoms with Crippen molar-refractivity contribution in [1.82, 2.24) is 14.8 Å². The number of aromatic nitrogens is 3. The monoisotopic (exact) mass is 492 g/mol. The van der Waals surface area contributed by atoms with E-state index < -0.39 is 5.91 Å². The van der Waals surface area contributed by atoms with E-state index in [2.05, 4.69) is 15.5 Å². The molecule has 11 heteroatoms. The van der Waals surface area contributed by atoms with Crippen LogP contribution in [0.4, 0.5) is 5.13 Å². The molecular weight excluding hydrogens is 479 g/mol. The molecule has 158 valence electrons. The van der Waals surface area contributed by atoms with Crippen LogP contribution in [0.25, 0.3) is 0 Å². The molecule has 0 spiro atoms. The predicted molar refractivity (Wildman–Crippen MR) is 122 cm³/mol. The first-order valence-electron chi connectivity index (χ1n) is 8.94. The van der Waals surface area contributed by atoms with Crippen molar-refractivity contribution in [1.29, 1.82) is 0 Å². The van der Waals surface area contributed by atoms with Crippen molar-refractivity contribution in [3.63, 3.8) is 0 Å². The van der Waals surface area contributed by atoms with Gasteiger partial charge in [0, 0.05) is 28.1 Å². The Bertz CT molecular complexity index is 1260. The number of halogens is 2. The molecule has 31 heavy (non-hydrogen) atoms. The van der Waals surface area contributed by atoms with Crippen LogP contribution in [0.2, 0.25) is 10.0 Å². The van der Waals surface area contributed by atoms with Gasteiger partial charge in [-0.3, -0.25) is 14.9 Å². The van der Waals surface area contributed by atoms with Gasteiger partial charge in [-0.2, -0.15) is 0 Å². The van der Waals surface area contributed by atoms with Gasteiger partial charge in [-0.05, 0) is 35.9 Å². The predicted octanol–water partition coefficient (Wildman–Crippen LogP) is 5.19. The van der Waals surface area contributed by atoms with Gasteiger partial charge in [0.25, 0.3) is 11.5 Å². The summed E-state index contributed by atoms with van der Waals surface area (Å²) in [5.74, 6) is 0.685. The molecule has 0 aliphatic rings. The first-order valence-corrected chi connectivity index (χ1v) is 11.5. The zero-order valence-corrected chi connectivity index (χ0v) is 18.9. The quantitative estimate of drug-likeness (QED) is 0.282. The maximum absolute atomic E-state index is 12.4. The highest BCUT2D eigenvalue weighted by Gasteiger charge is 2.15. The molecule has 4 aromatic rings. The van der Waals surface area contributed by atoms with Crippen molar-refractivity contribution >= 4 is 57.3 Å². The Morgan fingerprint density at radius 2 is 1.90 bits per heavy atom. The first kappa shape index (κ1) is 21.6. The van der Waals surface area contributed by atoms with Crippen LogP contribution >= 0.6 is 46.3 Å². The molecule has 0 saturated carbocycles. The summed E-state index contributed by atoms with van der Waals surface area (Å²) in [6, 6.07) is 13.4. The molecule has 4 rings (SSSR count). The van der Waals surface area contributed by atoms with Crippen molar-refractivity contribution in [2.45, 2.75) is 16.6 Å². The van der Waals surface area contributed by atoms with Crippen molar-refractivity contribution in [3.8, 4) is 0 Å². The van der Waals surface area contributed by atoms with Crippen LogP contribution in [0.5, 0.6) is 0 Å². The standard InChI is InChI=1S/C20H14Cl2N4O3S2/c21-14-4-3-5-15(22)13(14)11-30-20-25-24-19(31-20)23-18(28)16-8-7-12(29-16)10-26-9-2-1-6-17(26)27/h1-9H,10-11H2,(H,23,24,28). The van der Waals surface area contributed by atoms with E-state index in [1.54, 1.807) is 48.7 Å². The number of rotatable bonds is 7. The Balaban J connectivity index is 1.36. The summed E-state index contributed by atoms with van der Waals surface area (Å²) >= 11 is 15.0. The molecule has 1 N–H and O–H groups in total. The Hall–Kier alpha value is -2.59. The molecule has 1 aromatic carbocycles. The molecule has 0 saturated heterocycles. The second kappa shape index (κ2) is 9.69. The lowest BCUT2D eigenvalue weighted by molar-refractivity contribution is 0.0994. The summed E-state index contributed by atoms with van der Waals surface area (Å²) < 4.78 is 7.71. The van der Waals surface area contributed by atoms with Gasteiger partial charge < -0.3 is 8.98 Å². The van der Waals surface area contributed by atoms with Gasteiger partial charge in [-0.15, -0.1) is 10.2 Å². The van der Waals surface area contributed by atoms with Gasteiger partial charge >= 0.3 is 0 Å². The van der Waals surface area contributed by atoms with Crippen LogP contribution in [0, 0.1) is 0 Å². The molecule has 0 aliphatic heterocycles. The minimum atomic E-state index is -0.450. The van der Waals surface area contributed by atoms with Crippen LogP contribution in [-0.2, 0) is 12.3 Å². The lowest BCUT2D eigenvalue weighted by Gasteiger charge is -2.04. The number of carbonyl (C=O) groups is 1. The average molecular weight is 493 g/mol. The normalized spacial score (nSPS) is 10.9. The largest absolute Gasteiger partial charge is 0.454 e. The second-order valence-corrected chi connectivity index (χ2v) is 9.26. The van der Waals surface area contributed by atoms with Gasteiger partial charge in [0.05, 0.1) is 6.54 Å². The Morgan fingerprint density at radius 1 is 1.10 bits per heavy atom. The average Bonchev–Trinajstić information content (AvgIpc) is 3.39. The number of pyridine rings is 1. The first-order chi connectivity index (χ1) is 15.0. The SMILES string of the molecule is O=C(Nc1nnc(SCc2c(Cl)cccc2Cl)s1)c1ccc(Cn2ccccc2=O)o1. The van der Waals surface area contributed by atoms with Gasteiger partial charge in [0.1, 0.15) is 5.76 Å². The van der Waals surface area contributed by atoms with Crippen molar-refractivity contribution in [3.05, 3.63) is 92.2 Å². The molecule has 3 heterocycles. The summed E-state index contributed by atoms with van der Waals surface area (Å²) in [6.07, 6.45) is 1.65. The third-order valence-corrected chi connectivity index (χ3v) is 6.85. The highest BCUT2D eigenvalue weighted by Crippen LogP contribution is 2.33. The minimum Gasteiger partial charge on any atom is -0.454 e. The van der Waals surface area contributed by atoms with Crippen LogP contribution in [0.15, 0.2) is 68.3 Å². The zero-order chi connectivity index (χ0) is 21.8. The molecule has 0 fully saturated rings.